The standard InChI is InChI=1S/C17H21FN2/c1-3-9-19-17(14-5-4-6-15(18)10-14)11-16-8-7-13(2)12-20-16/h4-8,10,12,17,19H,3,9,11H2,1-2H3. The molecule has 0 spiro atoms. The highest BCUT2D eigenvalue weighted by Crippen LogP contribution is 2.18. The molecular formula is C17H21FN2. The molecule has 3 heteroatoms. The van der Waals surface area contributed by atoms with Crippen LogP contribution >= 0.6 is 0 Å². The highest BCUT2D eigenvalue weighted by Gasteiger charge is 2.12. The van der Waals surface area contributed by atoms with Crippen molar-refractivity contribution in [3.8, 4) is 0 Å². The predicted octanol–water partition coefficient (Wildman–Crippen LogP) is 3.81. The van der Waals surface area contributed by atoms with E-state index in [4.69, 9.17) is 0 Å². The number of aromatic nitrogens is 1. The first-order valence-corrected chi connectivity index (χ1v) is 7.09. The van der Waals surface area contributed by atoms with Crippen LogP contribution in [-0.4, -0.2) is 11.5 Å². The van der Waals surface area contributed by atoms with E-state index in [9.17, 15) is 4.39 Å². The van der Waals surface area contributed by atoms with Crippen LogP contribution in [0.5, 0.6) is 0 Å². The molecule has 0 amide bonds. The van der Waals surface area contributed by atoms with Gasteiger partial charge >= 0.3 is 0 Å². The lowest BCUT2D eigenvalue weighted by molar-refractivity contribution is 0.519. The van der Waals surface area contributed by atoms with E-state index in [0.29, 0.717) is 0 Å². The van der Waals surface area contributed by atoms with Gasteiger partial charge in [0.15, 0.2) is 0 Å². The summed E-state index contributed by atoms with van der Waals surface area (Å²) >= 11 is 0. The van der Waals surface area contributed by atoms with Gasteiger partial charge in [-0.15, -0.1) is 0 Å². The fraction of sp³-hybridized carbons (Fsp3) is 0.353. The SMILES string of the molecule is CCCNC(Cc1ccc(C)cn1)c1cccc(F)c1. The van der Waals surface area contributed by atoms with Crippen LogP contribution in [0.2, 0.25) is 0 Å². The van der Waals surface area contributed by atoms with Gasteiger partial charge in [-0.05, 0) is 49.2 Å². The van der Waals surface area contributed by atoms with E-state index < -0.39 is 0 Å². The van der Waals surface area contributed by atoms with Crippen LogP contribution in [0.25, 0.3) is 0 Å². The van der Waals surface area contributed by atoms with Crippen LogP contribution < -0.4 is 5.32 Å². The molecule has 2 rings (SSSR count). The number of halogens is 1. The smallest absolute Gasteiger partial charge is 0.123 e. The van der Waals surface area contributed by atoms with Gasteiger partial charge in [0.1, 0.15) is 5.82 Å². The second-order valence-electron chi connectivity index (χ2n) is 5.09. The monoisotopic (exact) mass is 272 g/mol. The van der Waals surface area contributed by atoms with Crippen molar-refractivity contribution >= 4 is 0 Å². The Hall–Kier alpha value is -1.74. The topological polar surface area (TPSA) is 24.9 Å². The zero-order valence-electron chi connectivity index (χ0n) is 12.1. The van der Waals surface area contributed by atoms with E-state index in [2.05, 4.69) is 23.3 Å². The third-order valence-electron chi connectivity index (χ3n) is 3.28. The first-order chi connectivity index (χ1) is 9.69. The number of hydrogen-bond acceptors (Lipinski definition) is 2. The quantitative estimate of drug-likeness (QED) is 0.865. The first-order valence-electron chi connectivity index (χ1n) is 7.09. The number of nitrogens with zero attached hydrogens (tertiary/aromatic N) is 1. The molecule has 1 atom stereocenters. The van der Waals surface area contributed by atoms with Crippen molar-refractivity contribution in [2.45, 2.75) is 32.7 Å². The maximum Gasteiger partial charge on any atom is 0.123 e. The third kappa shape index (κ3) is 4.14. The summed E-state index contributed by atoms with van der Waals surface area (Å²) in [7, 11) is 0. The molecular weight excluding hydrogens is 251 g/mol. The zero-order chi connectivity index (χ0) is 14.4. The Morgan fingerprint density at radius 1 is 1.25 bits per heavy atom. The minimum absolute atomic E-state index is 0.0980. The Kier molecular flexibility index (Phi) is 5.24. The maximum absolute atomic E-state index is 13.4. The van der Waals surface area contributed by atoms with Crippen molar-refractivity contribution in [3.63, 3.8) is 0 Å². The molecule has 1 aromatic heterocycles. The van der Waals surface area contributed by atoms with Crippen LogP contribution in [0.15, 0.2) is 42.6 Å². The normalized spacial score (nSPS) is 12.3. The van der Waals surface area contributed by atoms with Gasteiger partial charge in [-0.2, -0.15) is 0 Å². The molecule has 106 valence electrons. The largest absolute Gasteiger partial charge is 0.310 e. The molecule has 1 heterocycles. The van der Waals surface area contributed by atoms with Crippen molar-refractivity contribution in [2.24, 2.45) is 0 Å². The number of aryl methyl sites for hydroxylation is 1. The Bertz CT molecular complexity index is 537. The maximum atomic E-state index is 13.4. The fourth-order valence-electron chi connectivity index (χ4n) is 2.18. The number of hydrogen-bond donors (Lipinski definition) is 1. The van der Waals surface area contributed by atoms with E-state index in [1.165, 1.54) is 6.07 Å². The van der Waals surface area contributed by atoms with Crippen LogP contribution in [0, 0.1) is 12.7 Å². The molecule has 0 aliphatic rings. The summed E-state index contributed by atoms with van der Waals surface area (Å²) in [4.78, 5) is 4.44. The number of benzene rings is 1. The van der Waals surface area contributed by atoms with Crippen LogP contribution in [0.4, 0.5) is 4.39 Å². The molecule has 0 radical (unpaired) electrons. The lowest BCUT2D eigenvalue weighted by Crippen LogP contribution is -2.24. The minimum Gasteiger partial charge on any atom is -0.310 e. The van der Waals surface area contributed by atoms with Gasteiger partial charge < -0.3 is 5.32 Å². The van der Waals surface area contributed by atoms with Gasteiger partial charge in [0.05, 0.1) is 0 Å². The van der Waals surface area contributed by atoms with Gasteiger partial charge in [-0.3, -0.25) is 4.98 Å². The van der Waals surface area contributed by atoms with Gasteiger partial charge in [-0.25, -0.2) is 4.39 Å². The Morgan fingerprint density at radius 3 is 2.75 bits per heavy atom. The van der Waals surface area contributed by atoms with Gasteiger partial charge in [0, 0.05) is 24.4 Å². The molecule has 2 nitrogen and oxygen atoms in total. The zero-order valence-corrected chi connectivity index (χ0v) is 12.1. The predicted molar refractivity (Wildman–Crippen MR) is 80.1 cm³/mol. The molecule has 20 heavy (non-hydrogen) atoms. The summed E-state index contributed by atoms with van der Waals surface area (Å²) in [6.45, 7) is 5.06. The van der Waals surface area contributed by atoms with Crippen molar-refractivity contribution < 1.29 is 4.39 Å². The summed E-state index contributed by atoms with van der Waals surface area (Å²) in [6.07, 6.45) is 3.69. The molecule has 0 aliphatic carbocycles. The van der Waals surface area contributed by atoms with Crippen LogP contribution in [0.1, 0.15) is 36.2 Å². The average molecular weight is 272 g/mol. The molecule has 2 aromatic rings. The Morgan fingerprint density at radius 2 is 2.10 bits per heavy atom. The number of rotatable bonds is 6. The minimum atomic E-state index is -0.192. The molecule has 0 fully saturated rings. The highest BCUT2D eigenvalue weighted by molar-refractivity contribution is 5.23. The van der Waals surface area contributed by atoms with Crippen LogP contribution in [0.3, 0.4) is 0 Å². The summed E-state index contributed by atoms with van der Waals surface area (Å²) in [5.41, 5.74) is 3.15. The summed E-state index contributed by atoms with van der Waals surface area (Å²) in [5.74, 6) is -0.192. The van der Waals surface area contributed by atoms with E-state index in [1.807, 2.05) is 25.3 Å². The highest BCUT2D eigenvalue weighted by atomic mass is 19.1. The number of nitrogens with one attached hydrogen (secondary N) is 1. The lowest BCUT2D eigenvalue weighted by Gasteiger charge is -2.19. The number of pyridine rings is 1. The van der Waals surface area contributed by atoms with Gasteiger partial charge in [0.2, 0.25) is 0 Å². The van der Waals surface area contributed by atoms with E-state index in [1.54, 1.807) is 12.1 Å². The molecule has 1 unspecified atom stereocenters. The first kappa shape index (κ1) is 14.7. The molecule has 0 bridgehead atoms. The van der Waals surface area contributed by atoms with Gasteiger partial charge in [-0.1, -0.05) is 25.1 Å². The third-order valence-corrected chi connectivity index (χ3v) is 3.28. The van der Waals surface area contributed by atoms with E-state index >= 15 is 0 Å². The van der Waals surface area contributed by atoms with Gasteiger partial charge in [0.25, 0.3) is 0 Å². The lowest BCUT2D eigenvalue weighted by atomic mass is 10.0. The molecule has 1 N–H and O–H groups in total. The van der Waals surface area contributed by atoms with Crippen molar-refractivity contribution in [2.75, 3.05) is 6.54 Å². The Balaban J connectivity index is 2.16. The van der Waals surface area contributed by atoms with E-state index in [-0.39, 0.29) is 11.9 Å². The summed E-state index contributed by atoms with van der Waals surface area (Å²) < 4.78 is 13.4. The second kappa shape index (κ2) is 7.15. The van der Waals surface area contributed by atoms with Crippen molar-refractivity contribution in [1.82, 2.24) is 10.3 Å². The summed E-state index contributed by atoms with van der Waals surface area (Å²) in [6, 6.07) is 11.0. The van der Waals surface area contributed by atoms with Crippen molar-refractivity contribution in [1.29, 1.82) is 0 Å². The molecule has 1 aromatic carbocycles. The fourth-order valence-corrected chi connectivity index (χ4v) is 2.18. The Labute approximate surface area is 120 Å². The molecule has 0 aliphatic heterocycles. The van der Waals surface area contributed by atoms with E-state index in [0.717, 1.165) is 36.2 Å². The van der Waals surface area contributed by atoms with Crippen molar-refractivity contribution in [3.05, 3.63) is 65.2 Å². The summed E-state index contributed by atoms with van der Waals surface area (Å²) in [5, 5.41) is 3.47. The second-order valence-corrected chi connectivity index (χ2v) is 5.09. The average Bonchev–Trinajstić information content (AvgIpc) is 2.45. The molecule has 0 saturated heterocycles. The molecule has 0 saturated carbocycles. The van der Waals surface area contributed by atoms with Crippen LogP contribution in [-0.2, 0) is 6.42 Å².